The molecule has 0 aliphatic heterocycles. The zero-order valence-electron chi connectivity index (χ0n) is 30.6. The van der Waals surface area contributed by atoms with Crippen LogP contribution in [0.4, 0.5) is 0 Å². The van der Waals surface area contributed by atoms with Crippen molar-refractivity contribution in [3.8, 4) is 56.4 Å². The molecule has 1 fully saturated rings. The van der Waals surface area contributed by atoms with E-state index in [2.05, 4.69) is 91.0 Å². The molecular weight excluding hydrogens is 687 g/mol. The van der Waals surface area contributed by atoms with E-state index in [1.807, 2.05) is 60.7 Å². The number of aromatic nitrogens is 3. The summed E-state index contributed by atoms with van der Waals surface area (Å²) in [7, 11) is 0. The number of furan rings is 2. The molecule has 5 nitrogen and oxygen atoms in total. The van der Waals surface area contributed by atoms with Crippen molar-refractivity contribution in [1.29, 1.82) is 0 Å². The number of para-hydroxylation sites is 2. The standard InChI is InChI=1S/C51H35N3O2/c1-8-28-51(29-9-1)39-22-5-2-16-34(39)45-33(19-11-23-40(45)51)31-14-10-15-32(30-31)48-52-49(37-20-12-26-43-46(37)35-17-3-6-24-41(35)55-43)54-50(53-48)38-21-13-27-44-47(38)36-18-4-7-25-42(36)56-44/h2-7,10-27,30H,1,8-9,28-29H2. The van der Waals surface area contributed by atoms with Gasteiger partial charge in [-0.2, -0.15) is 0 Å². The van der Waals surface area contributed by atoms with Crippen LogP contribution in [-0.4, -0.2) is 15.0 Å². The molecule has 2 aliphatic rings. The Morgan fingerprint density at radius 1 is 0.393 bits per heavy atom. The fraction of sp³-hybridized carbons (Fsp3) is 0.118. The second kappa shape index (κ2) is 12.1. The maximum absolute atomic E-state index is 6.32. The van der Waals surface area contributed by atoms with Gasteiger partial charge in [0.15, 0.2) is 17.5 Å². The summed E-state index contributed by atoms with van der Waals surface area (Å²) in [6, 6.07) is 53.3. The highest BCUT2D eigenvalue weighted by atomic mass is 16.3. The predicted molar refractivity (Wildman–Crippen MR) is 225 cm³/mol. The predicted octanol–water partition coefficient (Wildman–Crippen LogP) is 13.6. The van der Waals surface area contributed by atoms with Crippen LogP contribution < -0.4 is 0 Å². The van der Waals surface area contributed by atoms with Crippen molar-refractivity contribution in [3.05, 3.63) is 163 Å². The number of fused-ring (bicyclic) bond motifs is 11. The van der Waals surface area contributed by atoms with Crippen LogP contribution in [0.5, 0.6) is 0 Å². The zero-order valence-corrected chi connectivity index (χ0v) is 30.6. The number of benzene rings is 7. The van der Waals surface area contributed by atoms with E-state index in [1.165, 1.54) is 59.9 Å². The molecule has 2 aliphatic carbocycles. The highest BCUT2D eigenvalue weighted by molar-refractivity contribution is 6.13. The minimum Gasteiger partial charge on any atom is -0.456 e. The molecular formula is C51H35N3O2. The Balaban J connectivity index is 1.09. The van der Waals surface area contributed by atoms with Crippen LogP contribution in [-0.2, 0) is 5.41 Å². The molecule has 0 saturated heterocycles. The lowest BCUT2D eigenvalue weighted by Gasteiger charge is -2.36. The topological polar surface area (TPSA) is 65.0 Å². The molecule has 7 aromatic carbocycles. The minimum atomic E-state index is 0.0896. The smallest absolute Gasteiger partial charge is 0.164 e. The summed E-state index contributed by atoms with van der Waals surface area (Å²) < 4.78 is 12.6. The SMILES string of the molecule is c1cc(-c2nc(-c3cccc4oc5ccccc5c34)nc(-c3cccc4oc5ccccc5c34)n2)cc(-c2cccc3c2-c2ccccc2C32CCCCC2)c1. The molecule has 10 aromatic rings. The van der Waals surface area contributed by atoms with Crippen molar-refractivity contribution < 1.29 is 8.83 Å². The number of rotatable bonds is 4. The molecule has 3 aromatic heterocycles. The first-order valence-electron chi connectivity index (χ1n) is 19.7. The Bertz CT molecular complexity index is 3070. The Morgan fingerprint density at radius 2 is 0.893 bits per heavy atom. The molecule has 3 heterocycles. The monoisotopic (exact) mass is 721 g/mol. The fourth-order valence-corrected chi connectivity index (χ4v) is 9.93. The van der Waals surface area contributed by atoms with E-state index in [0.717, 1.165) is 66.1 Å². The van der Waals surface area contributed by atoms with Crippen molar-refractivity contribution in [2.45, 2.75) is 37.5 Å². The molecule has 12 rings (SSSR count). The van der Waals surface area contributed by atoms with E-state index < -0.39 is 0 Å². The fourth-order valence-electron chi connectivity index (χ4n) is 9.93. The summed E-state index contributed by atoms with van der Waals surface area (Å²) in [4.78, 5) is 15.8. The van der Waals surface area contributed by atoms with Crippen LogP contribution in [0.3, 0.4) is 0 Å². The Kier molecular flexibility index (Phi) is 6.79. The lowest BCUT2D eigenvalue weighted by Crippen LogP contribution is -2.27. The van der Waals surface area contributed by atoms with Crippen LogP contribution in [0.15, 0.2) is 160 Å². The Labute approximate surface area is 323 Å². The molecule has 0 amide bonds. The second-order valence-corrected chi connectivity index (χ2v) is 15.4. The minimum absolute atomic E-state index is 0.0896. The third-order valence-corrected chi connectivity index (χ3v) is 12.4. The van der Waals surface area contributed by atoms with Gasteiger partial charge in [0.05, 0.1) is 0 Å². The molecule has 0 radical (unpaired) electrons. The van der Waals surface area contributed by atoms with Gasteiger partial charge in [0.2, 0.25) is 0 Å². The first kappa shape index (κ1) is 31.5. The average molecular weight is 722 g/mol. The van der Waals surface area contributed by atoms with Crippen molar-refractivity contribution >= 4 is 43.9 Å². The van der Waals surface area contributed by atoms with Gasteiger partial charge in [-0.3, -0.25) is 0 Å². The second-order valence-electron chi connectivity index (χ2n) is 15.4. The largest absolute Gasteiger partial charge is 0.456 e. The number of nitrogens with zero attached hydrogens (tertiary/aromatic N) is 3. The van der Waals surface area contributed by atoms with Crippen LogP contribution in [0.1, 0.15) is 43.2 Å². The molecule has 0 N–H and O–H groups in total. The van der Waals surface area contributed by atoms with Gasteiger partial charge in [-0.05, 0) is 76.6 Å². The summed E-state index contributed by atoms with van der Waals surface area (Å²) in [6.07, 6.45) is 6.25. The van der Waals surface area contributed by atoms with Crippen LogP contribution in [0, 0.1) is 0 Å². The summed E-state index contributed by atoms with van der Waals surface area (Å²) in [6.45, 7) is 0. The zero-order chi connectivity index (χ0) is 36.8. The number of hydrogen-bond donors (Lipinski definition) is 0. The van der Waals surface area contributed by atoms with Crippen LogP contribution >= 0.6 is 0 Å². The van der Waals surface area contributed by atoms with Gasteiger partial charge < -0.3 is 8.83 Å². The molecule has 0 bridgehead atoms. The summed E-state index contributed by atoms with van der Waals surface area (Å²) in [5.41, 5.74) is 14.2. The van der Waals surface area contributed by atoms with Gasteiger partial charge in [-0.1, -0.05) is 141 Å². The quantitative estimate of drug-likeness (QED) is 0.181. The lowest BCUT2D eigenvalue weighted by molar-refractivity contribution is 0.353. The van der Waals surface area contributed by atoms with Gasteiger partial charge in [0.25, 0.3) is 0 Å². The van der Waals surface area contributed by atoms with Gasteiger partial charge in [-0.25, -0.2) is 15.0 Å². The normalized spacial score (nSPS) is 14.6. The van der Waals surface area contributed by atoms with Crippen molar-refractivity contribution in [2.24, 2.45) is 0 Å². The van der Waals surface area contributed by atoms with Gasteiger partial charge in [0, 0.05) is 43.7 Å². The molecule has 56 heavy (non-hydrogen) atoms. The van der Waals surface area contributed by atoms with E-state index in [9.17, 15) is 0 Å². The van der Waals surface area contributed by atoms with Crippen molar-refractivity contribution in [1.82, 2.24) is 15.0 Å². The molecule has 0 atom stereocenters. The van der Waals surface area contributed by atoms with E-state index in [0.29, 0.717) is 17.5 Å². The molecule has 1 spiro atoms. The highest BCUT2D eigenvalue weighted by Gasteiger charge is 2.44. The number of hydrogen-bond acceptors (Lipinski definition) is 5. The van der Waals surface area contributed by atoms with Crippen LogP contribution in [0.2, 0.25) is 0 Å². The maximum Gasteiger partial charge on any atom is 0.164 e. The van der Waals surface area contributed by atoms with Crippen LogP contribution in [0.25, 0.3) is 100 Å². The molecule has 266 valence electrons. The summed E-state index contributed by atoms with van der Waals surface area (Å²) >= 11 is 0. The van der Waals surface area contributed by atoms with E-state index in [1.54, 1.807) is 0 Å². The van der Waals surface area contributed by atoms with Gasteiger partial charge in [-0.15, -0.1) is 0 Å². The van der Waals surface area contributed by atoms with Gasteiger partial charge >= 0.3 is 0 Å². The van der Waals surface area contributed by atoms with Crippen molar-refractivity contribution in [2.75, 3.05) is 0 Å². The third kappa shape index (κ3) is 4.58. The summed E-state index contributed by atoms with van der Waals surface area (Å²) in [5, 5.41) is 4.03. The average Bonchev–Trinajstić information content (AvgIpc) is 3.92. The maximum atomic E-state index is 6.32. The third-order valence-electron chi connectivity index (χ3n) is 12.4. The molecule has 5 heteroatoms. The van der Waals surface area contributed by atoms with E-state index in [-0.39, 0.29) is 5.41 Å². The summed E-state index contributed by atoms with van der Waals surface area (Å²) in [5.74, 6) is 1.79. The van der Waals surface area contributed by atoms with E-state index >= 15 is 0 Å². The highest BCUT2D eigenvalue weighted by Crippen LogP contribution is 2.58. The molecule has 1 saturated carbocycles. The first-order valence-corrected chi connectivity index (χ1v) is 19.7. The lowest BCUT2D eigenvalue weighted by atomic mass is 9.68. The Hall–Kier alpha value is -6.85. The van der Waals surface area contributed by atoms with Gasteiger partial charge in [0.1, 0.15) is 22.3 Å². The van der Waals surface area contributed by atoms with Crippen molar-refractivity contribution in [3.63, 3.8) is 0 Å². The Morgan fingerprint density at radius 3 is 1.59 bits per heavy atom. The molecule has 0 unspecified atom stereocenters. The first-order chi connectivity index (χ1) is 27.7. The van der Waals surface area contributed by atoms with E-state index in [4.69, 9.17) is 23.8 Å².